The lowest BCUT2D eigenvalue weighted by Gasteiger charge is -2.02. The first kappa shape index (κ1) is 9.51. The molecular weight excluding hydrogens is 204 g/mol. The largest absolute Gasteiger partial charge is 0.429 e. The SMILES string of the molecule is Cc1oc(N)nc1C1CCS(=O)(=O)C1. The molecule has 0 aliphatic carbocycles. The average molecular weight is 216 g/mol. The van der Waals surface area contributed by atoms with E-state index in [1.54, 1.807) is 6.92 Å². The molecule has 0 saturated carbocycles. The Hall–Kier alpha value is -1.04. The van der Waals surface area contributed by atoms with Gasteiger partial charge in [-0.3, -0.25) is 0 Å². The predicted octanol–water partition coefficient (Wildman–Crippen LogP) is 0.467. The summed E-state index contributed by atoms with van der Waals surface area (Å²) in [4.78, 5) is 4.00. The second kappa shape index (κ2) is 2.98. The Bertz CT molecular complexity index is 449. The molecule has 14 heavy (non-hydrogen) atoms. The van der Waals surface area contributed by atoms with Crippen LogP contribution in [-0.2, 0) is 9.84 Å². The molecule has 5 nitrogen and oxygen atoms in total. The van der Waals surface area contributed by atoms with E-state index in [2.05, 4.69) is 4.98 Å². The third-order valence-electron chi connectivity index (χ3n) is 2.47. The summed E-state index contributed by atoms with van der Waals surface area (Å²) in [5.41, 5.74) is 6.09. The van der Waals surface area contributed by atoms with Crippen molar-refractivity contribution < 1.29 is 12.8 Å². The number of nitrogens with two attached hydrogens (primary N) is 1. The van der Waals surface area contributed by atoms with Crippen molar-refractivity contribution in [1.82, 2.24) is 4.98 Å². The number of hydrogen-bond donors (Lipinski definition) is 1. The molecule has 2 heterocycles. The monoisotopic (exact) mass is 216 g/mol. The fourth-order valence-electron chi connectivity index (χ4n) is 1.82. The normalized spacial score (nSPS) is 25.4. The van der Waals surface area contributed by atoms with Crippen LogP contribution in [-0.4, -0.2) is 24.9 Å². The molecule has 1 fully saturated rings. The van der Waals surface area contributed by atoms with Gasteiger partial charge in [-0.25, -0.2) is 8.42 Å². The fourth-order valence-corrected chi connectivity index (χ4v) is 3.57. The zero-order valence-electron chi connectivity index (χ0n) is 7.86. The maximum Gasteiger partial charge on any atom is 0.292 e. The van der Waals surface area contributed by atoms with Crippen molar-refractivity contribution in [3.05, 3.63) is 11.5 Å². The van der Waals surface area contributed by atoms with E-state index in [9.17, 15) is 8.42 Å². The first-order valence-corrected chi connectivity index (χ1v) is 6.23. The van der Waals surface area contributed by atoms with E-state index in [0.29, 0.717) is 17.9 Å². The van der Waals surface area contributed by atoms with Crippen molar-refractivity contribution in [2.24, 2.45) is 0 Å². The summed E-state index contributed by atoms with van der Waals surface area (Å²) in [6, 6.07) is 0.113. The van der Waals surface area contributed by atoms with Crippen LogP contribution in [0.15, 0.2) is 4.42 Å². The molecular formula is C8H12N2O3S. The minimum absolute atomic E-state index is 0.0407. The van der Waals surface area contributed by atoms with Crippen molar-refractivity contribution in [2.75, 3.05) is 17.2 Å². The Morgan fingerprint density at radius 1 is 1.57 bits per heavy atom. The molecule has 0 aromatic carbocycles. The lowest BCUT2D eigenvalue weighted by Crippen LogP contribution is -2.05. The number of anilines is 1. The molecule has 2 N–H and O–H groups in total. The third-order valence-corrected chi connectivity index (χ3v) is 4.24. The number of sulfone groups is 1. The predicted molar refractivity (Wildman–Crippen MR) is 51.7 cm³/mol. The van der Waals surface area contributed by atoms with Crippen LogP contribution in [0, 0.1) is 6.92 Å². The third kappa shape index (κ3) is 1.61. The molecule has 2 rings (SSSR count). The molecule has 6 heteroatoms. The molecule has 1 unspecified atom stereocenters. The number of nitrogens with zero attached hydrogens (tertiary/aromatic N) is 1. The maximum absolute atomic E-state index is 11.2. The van der Waals surface area contributed by atoms with E-state index in [4.69, 9.17) is 10.2 Å². The molecule has 0 amide bonds. The molecule has 1 atom stereocenters. The molecule has 78 valence electrons. The van der Waals surface area contributed by atoms with Crippen molar-refractivity contribution in [2.45, 2.75) is 19.3 Å². The van der Waals surface area contributed by atoms with E-state index in [-0.39, 0.29) is 23.4 Å². The van der Waals surface area contributed by atoms with Gasteiger partial charge in [0.05, 0.1) is 17.2 Å². The standard InChI is InChI=1S/C8H12N2O3S/c1-5-7(10-8(9)13-5)6-2-3-14(11,12)4-6/h6H,2-4H2,1H3,(H2,9,10). The summed E-state index contributed by atoms with van der Waals surface area (Å²) in [5, 5.41) is 0. The number of rotatable bonds is 1. The van der Waals surface area contributed by atoms with Gasteiger partial charge in [0.15, 0.2) is 9.84 Å². The van der Waals surface area contributed by atoms with E-state index in [0.717, 1.165) is 0 Å². The minimum atomic E-state index is -2.87. The van der Waals surface area contributed by atoms with Gasteiger partial charge in [0, 0.05) is 5.92 Å². The molecule has 0 radical (unpaired) electrons. The number of aromatic nitrogens is 1. The van der Waals surface area contributed by atoms with Gasteiger partial charge in [-0.2, -0.15) is 4.98 Å². The van der Waals surface area contributed by atoms with E-state index >= 15 is 0 Å². The Labute approximate surface area is 82.2 Å². The number of aryl methyl sites for hydroxylation is 1. The van der Waals surface area contributed by atoms with E-state index in [1.165, 1.54) is 0 Å². The summed E-state index contributed by atoms with van der Waals surface area (Å²) >= 11 is 0. The van der Waals surface area contributed by atoms with Crippen molar-refractivity contribution >= 4 is 15.9 Å². The molecule has 1 aromatic rings. The summed E-state index contributed by atoms with van der Waals surface area (Å²) in [6.07, 6.45) is 0.620. The smallest absolute Gasteiger partial charge is 0.292 e. The molecule has 0 spiro atoms. The van der Waals surface area contributed by atoms with Crippen LogP contribution in [0.5, 0.6) is 0 Å². The minimum Gasteiger partial charge on any atom is -0.429 e. The van der Waals surface area contributed by atoms with Crippen LogP contribution >= 0.6 is 0 Å². The average Bonchev–Trinajstić information content (AvgIpc) is 2.55. The van der Waals surface area contributed by atoms with Gasteiger partial charge in [-0.1, -0.05) is 0 Å². The number of hydrogen-bond acceptors (Lipinski definition) is 5. The van der Waals surface area contributed by atoms with Crippen LogP contribution in [0.2, 0.25) is 0 Å². The summed E-state index contributed by atoms with van der Waals surface area (Å²) in [6.45, 7) is 1.75. The second-order valence-electron chi connectivity index (χ2n) is 3.59. The first-order chi connectivity index (χ1) is 6.48. The van der Waals surface area contributed by atoms with Crippen LogP contribution in [0.25, 0.3) is 0 Å². The first-order valence-electron chi connectivity index (χ1n) is 4.41. The highest BCUT2D eigenvalue weighted by atomic mass is 32.2. The van der Waals surface area contributed by atoms with Crippen molar-refractivity contribution in [3.8, 4) is 0 Å². The summed E-state index contributed by atoms with van der Waals surface area (Å²) < 4.78 is 27.6. The van der Waals surface area contributed by atoms with Gasteiger partial charge in [0.25, 0.3) is 6.01 Å². The Morgan fingerprint density at radius 2 is 2.29 bits per heavy atom. The zero-order valence-corrected chi connectivity index (χ0v) is 8.67. The maximum atomic E-state index is 11.2. The molecule has 0 bridgehead atoms. The lowest BCUT2D eigenvalue weighted by molar-refractivity contribution is 0.541. The highest BCUT2D eigenvalue weighted by Gasteiger charge is 2.32. The zero-order chi connectivity index (χ0) is 10.3. The van der Waals surface area contributed by atoms with Crippen molar-refractivity contribution in [3.63, 3.8) is 0 Å². The molecule has 1 aromatic heterocycles. The van der Waals surface area contributed by atoms with Gasteiger partial charge in [0.2, 0.25) is 0 Å². The van der Waals surface area contributed by atoms with Gasteiger partial charge in [0.1, 0.15) is 5.76 Å². The second-order valence-corrected chi connectivity index (χ2v) is 5.82. The van der Waals surface area contributed by atoms with Gasteiger partial charge >= 0.3 is 0 Å². The van der Waals surface area contributed by atoms with Crippen LogP contribution in [0.1, 0.15) is 23.8 Å². The number of nitrogen functional groups attached to an aromatic ring is 1. The summed E-state index contributed by atoms with van der Waals surface area (Å²) in [5.74, 6) is 0.995. The topological polar surface area (TPSA) is 86.2 Å². The van der Waals surface area contributed by atoms with Gasteiger partial charge in [-0.05, 0) is 13.3 Å². The molecule has 1 aliphatic rings. The summed E-state index contributed by atoms with van der Waals surface area (Å²) in [7, 11) is -2.87. The highest BCUT2D eigenvalue weighted by Crippen LogP contribution is 2.30. The lowest BCUT2D eigenvalue weighted by atomic mass is 10.0. The van der Waals surface area contributed by atoms with Crippen molar-refractivity contribution in [1.29, 1.82) is 0 Å². The molecule has 1 aliphatic heterocycles. The Kier molecular flexibility index (Phi) is 2.02. The van der Waals surface area contributed by atoms with Crippen LogP contribution < -0.4 is 5.73 Å². The van der Waals surface area contributed by atoms with Gasteiger partial charge in [-0.15, -0.1) is 0 Å². The van der Waals surface area contributed by atoms with Crippen LogP contribution in [0.4, 0.5) is 6.01 Å². The van der Waals surface area contributed by atoms with E-state index in [1.807, 2.05) is 0 Å². The van der Waals surface area contributed by atoms with Crippen LogP contribution in [0.3, 0.4) is 0 Å². The molecule has 1 saturated heterocycles. The Balaban J connectivity index is 2.30. The Morgan fingerprint density at radius 3 is 2.71 bits per heavy atom. The number of oxazole rings is 1. The quantitative estimate of drug-likeness (QED) is 0.737. The van der Waals surface area contributed by atoms with Gasteiger partial charge < -0.3 is 10.2 Å². The fraction of sp³-hybridized carbons (Fsp3) is 0.625. The van der Waals surface area contributed by atoms with E-state index < -0.39 is 9.84 Å². The highest BCUT2D eigenvalue weighted by molar-refractivity contribution is 7.91.